The van der Waals surface area contributed by atoms with Crippen molar-refractivity contribution in [1.29, 1.82) is 5.26 Å². The van der Waals surface area contributed by atoms with E-state index in [0.29, 0.717) is 17.1 Å². The van der Waals surface area contributed by atoms with Crippen LogP contribution in [0.2, 0.25) is 0 Å². The third-order valence-corrected chi connectivity index (χ3v) is 5.64. The van der Waals surface area contributed by atoms with E-state index in [4.69, 9.17) is 0 Å². The van der Waals surface area contributed by atoms with Crippen LogP contribution in [-0.2, 0) is 4.79 Å². The average molecular weight is 380 g/mol. The first-order valence-corrected chi connectivity index (χ1v) is 10.0. The lowest BCUT2D eigenvalue weighted by molar-refractivity contribution is -0.116. The van der Waals surface area contributed by atoms with E-state index in [1.807, 2.05) is 60.8 Å². The first-order chi connectivity index (χ1) is 12.7. The molecule has 0 unspecified atom stereocenters. The SMILES string of the molecule is CCN(C(=O)CSc1nc(-c2cccs2)ccc1C#N)c1ccccc1. The van der Waals surface area contributed by atoms with Crippen molar-refractivity contribution < 1.29 is 4.79 Å². The number of amides is 1. The number of nitrogens with zero attached hydrogens (tertiary/aromatic N) is 3. The number of benzene rings is 1. The van der Waals surface area contributed by atoms with Gasteiger partial charge in [-0.2, -0.15) is 5.26 Å². The van der Waals surface area contributed by atoms with Crippen LogP contribution in [0, 0.1) is 11.3 Å². The van der Waals surface area contributed by atoms with E-state index < -0.39 is 0 Å². The van der Waals surface area contributed by atoms with Crippen LogP contribution in [0.3, 0.4) is 0 Å². The molecular weight excluding hydrogens is 362 g/mol. The molecule has 0 bridgehead atoms. The second-order valence-electron chi connectivity index (χ2n) is 5.40. The first kappa shape index (κ1) is 18.2. The molecule has 3 aromatic rings. The van der Waals surface area contributed by atoms with E-state index >= 15 is 0 Å². The van der Waals surface area contributed by atoms with E-state index in [-0.39, 0.29) is 11.7 Å². The fourth-order valence-corrected chi connectivity index (χ4v) is 4.06. The van der Waals surface area contributed by atoms with E-state index in [2.05, 4.69) is 11.1 Å². The summed E-state index contributed by atoms with van der Waals surface area (Å²) in [5, 5.41) is 11.9. The van der Waals surface area contributed by atoms with Crippen LogP contribution < -0.4 is 4.90 Å². The molecular formula is C20H17N3OS2. The van der Waals surface area contributed by atoms with Crippen LogP contribution in [0.4, 0.5) is 5.69 Å². The molecule has 26 heavy (non-hydrogen) atoms. The number of thioether (sulfide) groups is 1. The van der Waals surface area contributed by atoms with Gasteiger partial charge in [-0.25, -0.2) is 4.98 Å². The molecule has 4 nitrogen and oxygen atoms in total. The quantitative estimate of drug-likeness (QED) is 0.576. The molecule has 0 radical (unpaired) electrons. The Morgan fingerprint density at radius 2 is 2.00 bits per heavy atom. The minimum Gasteiger partial charge on any atom is -0.312 e. The summed E-state index contributed by atoms with van der Waals surface area (Å²) >= 11 is 2.91. The summed E-state index contributed by atoms with van der Waals surface area (Å²) in [5.74, 6) is 0.231. The van der Waals surface area contributed by atoms with Gasteiger partial charge in [0.25, 0.3) is 0 Å². The predicted octanol–water partition coefficient (Wildman–Crippen LogP) is 4.83. The van der Waals surface area contributed by atoms with Crippen LogP contribution >= 0.6 is 23.1 Å². The number of hydrogen-bond donors (Lipinski definition) is 0. The minimum atomic E-state index is -0.00378. The lowest BCUT2D eigenvalue weighted by atomic mass is 10.2. The lowest BCUT2D eigenvalue weighted by Gasteiger charge is -2.20. The second kappa shape index (κ2) is 8.65. The number of rotatable bonds is 6. The van der Waals surface area contributed by atoms with Gasteiger partial charge in [0.2, 0.25) is 5.91 Å². The fourth-order valence-electron chi connectivity index (χ4n) is 2.52. The summed E-state index contributed by atoms with van der Waals surface area (Å²) in [6.07, 6.45) is 0. The topological polar surface area (TPSA) is 57.0 Å². The van der Waals surface area contributed by atoms with Crippen LogP contribution in [0.15, 0.2) is 65.0 Å². The summed E-state index contributed by atoms with van der Waals surface area (Å²) in [5.41, 5.74) is 2.19. The van der Waals surface area contributed by atoms with Gasteiger partial charge < -0.3 is 4.90 Å². The summed E-state index contributed by atoms with van der Waals surface area (Å²) < 4.78 is 0. The zero-order valence-electron chi connectivity index (χ0n) is 14.3. The van der Waals surface area contributed by atoms with Gasteiger partial charge in [-0.1, -0.05) is 36.0 Å². The Morgan fingerprint density at radius 1 is 1.19 bits per heavy atom. The number of anilines is 1. The van der Waals surface area contributed by atoms with E-state index in [1.54, 1.807) is 22.3 Å². The molecule has 130 valence electrons. The zero-order chi connectivity index (χ0) is 18.4. The van der Waals surface area contributed by atoms with Crippen LogP contribution in [0.25, 0.3) is 10.6 Å². The molecule has 0 saturated carbocycles. The number of para-hydroxylation sites is 1. The second-order valence-corrected chi connectivity index (χ2v) is 7.31. The summed E-state index contributed by atoms with van der Waals surface area (Å²) in [7, 11) is 0. The molecule has 0 fully saturated rings. The van der Waals surface area contributed by atoms with Crippen molar-refractivity contribution in [1.82, 2.24) is 4.98 Å². The van der Waals surface area contributed by atoms with E-state index in [1.165, 1.54) is 11.8 Å². The Balaban J connectivity index is 1.77. The standard InChI is InChI=1S/C20H17N3OS2/c1-2-23(16-7-4-3-5-8-16)19(24)14-26-20-15(13-21)10-11-17(22-20)18-9-6-12-25-18/h3-12H,2,14H2,1H3. The largest absolute Gasteiger partial charge is 0.312 e. The third-order valence-electron chi connectivity index (χ3n) is 3.77. The molecule has 3 rings (SSSR count). The van der Waals surface area contributed by atoms with Gasteiger partial charge in [0.15, 0.2) is 0 Å². The highest BCUT2D eigenvalue weighted by molar-refractivity contribution is 8.00. The zero-order valence-corrected chi connectivity index (χ0v) is 15.9. The molecule has 6 heteroatoms. The Morgan fingerprint density at radius 3 is 2.65 bits per heavy atom. The predicted molar refractivity (Wildman–Crippen MR) is 107 cm³/mol. The molecule has 0 aliphatic rings. The first-order valence-electron chi connectivity index (χ1n) is 8.16. The van der Waals surface area contributed by atoms with Crippen molar-refractivity contribution in [3.8, 4) is 16.6 Å². The van der Waals surface area contributed by atoms with Crippen molar-refractivity contribution in [3.05, 3.63) is 65.5 Å². The number of thiophene rings is 1. The van der Waals surface area contributed by atoms with Crippen LogP contribution in [-0.4, -0.2) is 23.2 Å². The highest BCUT2D eigenvalue weighted by Crippen LogP contribution is 2.28. The number of pyridine rings is 1. The average Bonchev–Trinajstić information content (AvgIpc) is 3.22. The summed E-state index contributed by atoms with van der Waals surface area (Å²) in [6, 6.07) is 19.3. The number of nitriles is 1. The van der Waals surface area contributed by atoms with Crippen LogP contribution in [0.1, 0.15) is 12.5 Å². The summed E-state index contributed by atoms with van der Waals surface area (Å²) in [4.78, 5) is 20.0. The molecule has 0 spiro atoms. The molecule has 2 aromatic heterocycles. The molecule has 0 atom stereocenters. The summed E-state index contributed by atoms with van der Waals surface area (Å²) in [6.45, 7) is 2.54. The molecule has 0 saturated heterocycles. The van der Waals surface area contributed by atoms with Crippen molar-refractivity contribution in [2.24, 2.45) is 0 Å². The maximum absolute atomic E-state index is 12.7. The highest BCUT2D eigenvalue weighted by atomic mass is 32.2. The van der Waals surface area contributed by atoms with Crippen molar-refractivity contribution >= 4 is 34.7 Å². The smallest absolute Gasteiger partial charge is 0.237 e. The molecule has 0 N–H and O–H groups in total. The normalized spacial score (nSPS) is 10.3. The van der Waals surface area contributed by atoms with Gasteiger partial charge >= 0.3 is 0 Å². The van der Waals surface area contributed by atoms with Crippen molar-refractivity contribution in [2.45, 2.75) is 11.9 Å². The van der Waals surface area contributed by atoms with Crippen LogP contribution in [0.5, 0.6) is 0 Å². The molecule has 0 aliphatic carbocycles. The van der Waals surface area contributed by atoms with Gasteiger partial charge in [0.1, 0.15) is 11.1 Å². The number of hydrogen-bond acceptors (Lipinski definition) is 5. The lowest BCUT2D eigenvalue weighted by Crippen LogP contribution is -2.32. The third kappa shape index (κ3) is 4.13. The minimum absolute atomic E-state index is 0.00378. The Bertz CT molecular complexity index is 918. The van der Waals surface area contributed by atoms with Gasteiger partial charge in [-0.05, 0) is 42.6 Å². The number of carbonyl (C=O) groups is 1. The number of carbonyl (C=O) groups excluding carboxylic acids is 1. The molecule has 2 heterocycles. The Hall–Kier alpha value is -2.62. The molecule has 1 aromatic carbocycles. The Kier molecular flexibility index (Phi) is 6.05. The Labute approximate surface area is 161 Å². The van der Waals surface area contributed by atoms with Gasteiger partial charge in [0, 0.05) is 12.2 Å². The van der Waals surface area contributed by atoms with Gasteiger partial charge in [0.05, 0.1) is 21.9 Å². The van der Waals surface area contributed by atoms with Gasteiger partial charge in [-0.3, -0.25) is 4.79 Å². The maximum atomic E-state index is 12.7. The van der Waals surface area contributed by atoms with Crippen molar-refractivity contribution in [2.75, 3.05) is 17.2 Å². The monoisotopic (exact) mass is 379 g/mol. The fraction of sp³-hybridized carbons (Fsp3) is 0.150. The van der Waals surface area contributed by atoms with Crippen molar-refractivity contribution in [3.63, 3.8) is 0 Å². The molecule has 1 amide bonds. The highest BCUT2D eigenvalue weighted by Gasteiger charge is 2.16. The number of aromatic nitrogens is 1. The molecule has 0 aliphatic heterocycles. The van der Waals surface area contributed by atoms with Gasteiger partial charge in [-0.15, -0.1) is 11.3 Å². The van der Waals surface area contributed by atoms with E-state index in [9.17, 15) is 10.1 Å². The maximum Gasteiger partial charge on any atom is 0.237 e. The van der Waals surface area contributed by atoms with E-state index in [0.717, 1.165) is 16.3 Å².